The predicted octanol–water partition coefficient (Wildman–Crippen LogP) is 17.2. The molecule has 2 aliphatic carbocycles. The van der Waals surface area contributed by atoms with E-state index in [2.05, 4.69) is 249 Å². The average Bonchev–Trinajstić information content (AvgIpc) is 4.11. The zero-order valence-electron chi connectivity index (χ0n) is 41.2. The van der Waals surface area contributed by atoms with Crippen LogP contribution >= 0.6 is 0 Å². The normalized spacial score (nSPS) is 15.6. The summed E-state index contributed by atoms with van der Waals surface area (Å²) in [5, 5.41) is 2.33. The predicted molar refractivity (Wildman–Crippen MR) is 293 cm³/mol. The minimum atomic E-state index is 0.0973. The molecule has 3 heterocycles. The minimum absolute atomic E-state index is 0.0973. The molecule has 2 unspecified atom stereocenters. The molecule has 0 N–H and O–H groups in total. The number of aromatic nitrogens is 4. The van der Waals surface area contributed by atoms with E-state index in [-0.39, 0.29) is 5.41 Å². The Morgan fingerprint density at radius 1 is 0.556 bits per heavy atom. The molecule has 0 spiro atoms. The van der Waals surface area contributed by atoms with Gasteiger partial charge in [0.05, 0.1) is 0 Å². The summed E-state index contributed by atoms with van der Waals surface area (Å²) >= 11 is 2.58. The second-order valence-electron chi connectivity index (χ2n) is 21.0. The molecular formula is C66H56N4OPt. The van der Waals surface area contributed by atoms with Gasteiger partial charge in [0.25, 0.3) is 0 Å². The fourth-order valence-corrected chi connectivity index (χ4v) is 13.3. The molecule has 5 nitrogen and oxygen atoms in total. The average molecular weight is 1120 g/mol. The van der Waals surface area contributed by atoms with Crippen molar-refractivity contribution in [3.05, 3.63) is 220 Å². The molecule has 0 bridgehead atoms. The van der Waals surface area contributed by atoms with Crippen molar-refractivity contribution in [1.29, 1.82) is 0 Å². The van der Waals surface area contributed by atoms with Crippen LogP contribution in [0.25, 0.3) is 83.4 Å². The zero-order chi connectivity index (χ0) is 48.7. The Hall–Kier alpha value is -7.33. The van der Waals surface area contributed by atoms with E-state index in [9.17, 15) is 0 Å². The van der Waals surface area contributed by atoms with Crippen molar-refractivity contribution >= 4 is 32.8 Å². The van der Waals surface area contributed by atoms with Crippen LogP contribution in [0.15, 0.2) is 194 Å². The number of ether oxygens (including phenoxy) is 1. The van der Waals surface area contributed by atoms with Crippen molar-refractivity contribution in [2.24, 2.45) is 5.92 Å². The first-order valence-corrected chi connectivity index (χ1v) is 26.7. The molecular weight excluding hydrogens is 1060 g/mol. The van der Waals surface area contributed by atoms with E-state index in [1.807, 2.05) is 6.20 Å². The second kappa shape index (κ2) is 17.8. The molecule has 3 aromatic heterocycles. The van der Waals surface area contributed by atoms with Gasteiger partial charge in [-0.25, -0.2) is 0 Å². The molecule has 0 aliphatic heterocycles. The number of rotatable bonds is 8. The number of hydrogen-bond acceptors (Lipinski definition) is 2. The van der Waals surface area contributed by atoms with Gasteiger partial charge in [-0.2, -0.15) is 0 Å². The molecule has 0 radical (unpaired) electrons. The summed E-state index contributed by atoms with van der Waals surface area (Å²) in [7, 11) is 0. The van der Waals surface area contributed by atoms with E-state index in [4.69, 9.17) is 9.72 Å². The molecule has 72 heavy (non-hydrogen) atoms. The van der Waals surface area contributed by atoms with Crippen LogP contribution in [0.5, 0.6) is 11.5 Å². The van der Waals surface area contributed by atoms with Crippen molar-refractivity contribution < 1.29 is 24.1 Å². The van der Waals surface area contributed by atoms with Crippen molar-refractivity contribution in [1.82, 2.24) is 18.7 Å². The molecule has 13 rings (SSSR count). The fraction of sp³-hybridized carbons (Fsp3) is 0.182. The molecule has 1 fully saturated rings. The Morgan fingerprint density at radius 3 is 1.97 bits per heavy atom. The Morgan fingerprint density at radius 2 is 1.22 bits per heavy atom. The number of nitrogens with zero attached hydrogens (tertiary/aromatic N) is 4. The van der Waals surface area contributed by atoms with Crippen LogP contribution in [-0.4, -0.2) is 18.7 Å². The first-order chi connectivity index (χ1) is 35.2. The third-order valence-electron chi connectivity index (χ3n) is 15.7. The van der Waals surface area contributed by atoms with Gasteiger partial charge in [-0.3, -0.25) is 0 Å². The first-order valence-electron chi connectivity index (χ1n) is 25.6. The molecule has 0 saturated heterocycles. The number of hydrogen-bond donors (Lipinski definition) is 0. The van der Waals surface area contributed by atoms with Gasteiger partial charge in [0, 0.05) is 11.8 Å². The number of fused-ring (bicyclic) bond motifs is 7. The topological polar surface area (TPSA) is 36.9 Å². The van der Waals surface area contributed by atoms with Crippen LogP contribution in [0.4, 0.5) is 0 Å². The van der Waals surface area contributed by atoms with E-state index in [1.54, 1.807) is 5.56 Å². The van der Waals surface area contributed by atoms with E-state index in [0.717, 1.165) is 72.2 Å². The van der Waals surface area contributed by atoms with Gasteiger partial charge < -0.3 is 0 Å². The van der Waals surface area contributed by atoms with Gasteiger partial charge in [0.1, 0.15) is 0 Å². The van der Waals surface area contributed by atoms with Gasteiger partial charge >= 0.3 is 337 Å². The van der Waals surface area contributed by atoms with Crippen LogP contribution in [0.2, 0.25) is 0 Å². The SMILES string of the molecule is Cc1cc(-n2c3ccccc3c3ccc(Oc4cccc(-n5[c](=[Pt])n(-c6c(-c7ccccc7)cc7c(c6-c6ccccc6)CCC6CCCC76)c6ccccc65)c4)cc32)ncc1-c1ccc(C(C)(C)C)cc1. The number of benzene rings is 8. The number of aryl methyl sites for hydroxylation is 1. The summed E-state index contributed by atoms with van der Waals surface area (Å²) in [5.41, 5.74) is 19.9. The first kappa shape index (κ1) is 44.6. The molecule has 1 saturated carbocycles. The summed E-state index contributed by atoms with van der Waals surface area (Å²) in [4.78, 5) is 5.14. The quantitative estimate of drug-likeness (QED) is 0.152. The third-order valence-corrected chi connectivity index (χ3v) is 16.7. The number of pyridine rings is 1. The fourth-order valence-electron chi connectivity index (χ4n) is 12.2. The standard InChI is InChI=1S/C66H56N4O.Pt/c1-43-37-63(67-41-58(43)46-29-32-48(33-30-46)66(2,3)4)70-59-26-12-11-24-53(59)54-36-34-51(39-62(54)70)71-50-23-16-22-49(38-50)68-42-69(61-28-14-13-27-60(61)68)65-56(44-17-7-5-8-18-44)40-57-52-25-15-21-45(52)31-35-55(57)64(65)47-19-9-6-10-20-47;/h5-14,16-20,22-24,26-30,32-34,36-41,45,52H,15,21,25,31,35H2,1-4H3;. The Kier molecular flexibility index (Phi) is 11.0. The molecule has 11 aromatic rings. The maximum absolute atomic E-state index is 6.91. The van der Waals surface area contributed by atoms with Crippen LogP contribution in [0, 0.1) is 16.6 Å². The van der Waals surface area contributed by atoms with Crippen molar-refractivity contribution in [3.8, 4) is 62.1 Å². The summed E-state index contributed by atoms with van der Waals surface area (Å²) < 4.78 is 15.2. The Bertz CT molecular complexity index is 3950. The van der Waals surface area contributed by atoms with Crippen molar-refractivity contribution in [2.75, 3.05) is 0 Å². The van der Waals surface area contributed by atoms with Crippen molar-refractivity contribution in [2.45, 2.75) is 71.1 Å². The van der Waals surface area contributed by atoms with E-state index < -0.39 is 0 Å². The van der Waals surface area contributed by atoms with Gasteiger partial charge in [-0.05, 0) is 29.0 Å². The second-order valence-corrected chi connectivity index (χ2v) is 22.0. The Balaban J connectivity index is 0.923. The summed E-state index contributed by atoms with van der Waals surface area (Å²) in [6.07, 6.45) is 8.32. The molecule has 2 atom stereocenters. The van der Waals surface area contributed by atoms with E-state index >= 15 is 0 Å². The molecule has 6 heteroatoms. The van der Waals surface area contributed by atoms with Gasteiger partial charge in [0.15, 0.2) is 0 Å². The smallest absolute Gasteiger partial charge is 0.0579 e. The third kappa shape index (κ3) is 7.55. The summed E-state index contributed by atoms with van der Waals surface area (Å²) in [6, 6.07) is 68.5. The van der Waals surface area contributed by atoms with E-state index in [1.165, 1.54) is 81.3 Å². The maximum atomic E-state index is 6.91. The number of para-hydroxylation sites is 3. The molecule has 2 aliphatic rings. The minimum Gasteiger partial charge on any atom is -0.0579 e. The van der Waals surface area contributed by atoms with Gasteiger partial charge in [-0.1, -0.05) is 57.2 Å². The van der Waals surface area contributed by atoms with E-state index in [0.29, 0.717) is 5.92 Å². The van der Waals surface area contributed by atoms with Crippen LogP contribution in [0.3, 0.4) is 0 Å². The Labute approximate surface area is 432 Å². The van der Waals surface area contributed by atoms with Crippen LogP contribution in [-0.2, 0) is 31.2 Å². The van der Waals surface area contributed by atoms with Crippen LogP contribution < -0.4 is 4.74 Å². The van der Waals surface area contributed by atoms with Crippen LogP contribution in [0.1, 0.15) is 74.6 Å². The molecule has 356 valence electrons. The monoisotopic (exact) mass is 1120 g/mol. The van der Waals surface area contributed by atoms with Gasteiger partial charge in [-0.15, -0.1) is 0 Å². The van der Waals surface area contributed by atoms with Gasteiger partial charge in [0.2, 0.25) is 0 Å². The molecule has 0 amide bonds. The number of imidazole rings is 1. The zero-order valence-corrected chi connectivity index (χ0v) is 43.5. The summed E-state index contributed by atoms with van der Waals surface area (Å²) in [5.74, 6) is 3.79. The van der Waals surface area contributed by atoms with Crippen molar-refractivity contribution in [3.63, 3.8) is 0 Å². The summed E-state index contributed by atoms with van der Waals surface area (Å²) in [6.45, 7) is 8.95. The molecule has 8 aromatic carbocycles.